The van der Waals surface area contributed by atoms with Gasteiger partial charge in [0.2, 0.25) is 0 Å². The third kappa shape index (κ3) is 7.20. The predicted molar refractivity (Wildman–Crippen MR) is 60.8 cm³/mol. The summed E-state index contributed by atoms with van der Waals surface area (Å²) < 4.78 is 5.62. The quantitative estimate of drug-likeness (QED) is 0.419. The molecular weight excluding hydrogens is 264 g/mol. The summed E-state index contributed by atoms with van der Waals surface area (Å²) >= 11 is 0. The summed E-state index contributed by atoms with van der Waals surface area (Å²) in [5, 5.41) is 0. The Morgan fingerprint density at radius 3 is 2.67 bits per heavy atom. The van der Waals surface area contributed by atoms with Crippen molar-refractivity contribution in [2.45, 2.75) is 33.1 Å². The van der Waals surface area contributed by atoms with Crippen molar-refractivity contribution in [1.82, 2.24) is 0 Å². The van der Waals surface area contributed by atoms with Gasteiger partial charge < -0.3 is 21.7 Å². The van der Waals surface area contributed by atoms with Gasteiger partial charge in [-0.15, -0.1) is 11.6 Å². The standard InChI is InChI=1S/C12H17O.BrH.Mg/c1-3-4-7-10-13-12-9-6-5-8-11(12)2;;/h6,8-9H,3-4,7,10H2,1-2H3;1H;/q-1;;+2/p-1. The maximum Gasteiger partial charge on any atom is 2.00 e. The number of benzene rings is 1. The molecule has 0 aromatic heterocycles. The molecule has 0 bridgehead atoms. The Hall–Kier alpha value is 0.266. The molecule has 0 fully saturated rings. The molecule has 1 aromatic carbocycles. The molecular formula is C12H17BrMgO. The van der Waals surface area contributed by atoms with E-state index in [0.29, 0.717) is 0 Å². The molecule has 0 unspecified atom stereocenters. The number of rotatable bonds is 5. The van der Waals surface area contributed by atoms with Crippen LogP contribution in [0, 0.1) is 13.0 Å². The zero-order valence-electron chi connectivity index (χ0n) is 9.55. The summed E-state index contributed by atoms with van der Waals surface area (Å²) in [6, 6.07) is 8.84. The van der Waals surface area contributed by atoms with E-state index in [2.05, 4.69) is 13.0 Å². The third-order valence-electron chi connectivity index (χ3n) is 2.02. The maximum atomic E-state index is 5.62. The number of halogens is 1. The number of hydrogen-bond acceptors (Lipinski definition) is 1. The van der Waals surface area contributed by atoms with Crippen LogP contribution >= 0.6 is 0 Å². The zero-order chi connectivity index (χ0) is 9.52. The molecule has 0 atom stereocenters. The Balaban J connectivity index is 0. The molecule has 0 aliphatic heterocycles. The number of ether oxygens (including phenoxy) is 1. The second-order valence-corrected chi connectivity index (χ2v) is 3.25. The van der Waals surface area contributed by atoms with Crippen LogP contribution in [0.5, 0.6) is 5.75 Å². The average Bonchev–Trinajstić information content (AvgIpc) is 2.15. The molecule has 0 aliphatic rings. The molecule has 0 N–H and O–H groups in total. The molecule has 0 saturated heterocycles. The minimum atomic E-state index is 0. The van der Waals surface area contributed by atoms with Gasteiger partial charge >= 0.3 is 23.1 Å². The fourth-order valence-corrected chi connectivity index (χ4v) is 1.20. The number of aryl methyl sites for hydroxylation is 1. The van der Waals surface area contributed by atoms with Crippen LogP contribution in [0.3, 0.4) is 0 Å². The first-order valence-electron chi connectivity index (χ1n) is 4.94. The monoisotopic (exact) mass is 280 g/mol. The van der Waals surface area contributed by atoms with Gasteiger partial charge in [0.05, 0.1) is 6.61 Å². The molecule has 80 valence electrons. The summed E-state index contributed by atoms with van der Waals surface area (Å²) in [6.45, 7) is 5.08. The van der Waals surface area contributed by atoms with Crippen LogP contribution in [-0.2, 0) is 0 Å². The van der Waals surface area contributed by atoms with Crippen LogP contribution < -0.4 is 21.7 Å². The fourth-order valence-electron chi connectivity index (χ4n) is 1.20. The first kappa shape index (κ1) is 17.7. The average molecular weight is 281 g/mol. The molecule has 1 aromatic rings. The van der Waals surface area contributed by atoms with E-state index in [0.717, 1.165) is 18.8 Å². The summed E-state index contributed by atoms with van der Waals surface area (Å²) in [7, 11) is 0. The van der Waals surface area contributed by atoms with Crippen molar-refractivity contribution in [3.8, 4) is 5.75 Å². The predicted octanol–water partition coefficient (Wildman–Crippen LogP) is -0.0126. The van der Waals surface area contributed by atoms with Crippen LogP contribution in [0.15, 0.2) is 18.2 Å². The van der Waals surface area contributed by atoms with Crippen molar-refractivity contribution >= 4 is 23.1 Å². The van der Waals surface area contributed by atoms with Gasteiger partial charge in [0.15, 0.2) is 0 Å². The molecule has 0 saturated carbocycles. The van der Waals surface area contributed by atoms with Gasteiger partial charge in [0, 0.05) is 5.75 Å². The summed E-state index contributed by atoms with van der Waals surface area (Å²) in [5.41, 5.74) is 1.17. The third-order valence-corrected chi connectivity index (χ3v) is 2.02. The molecule has 15 heavy (non-hydrogen) atoms. The van der Waals surface area contributed by atoms with Crippen molar-refractivity contribution in [1.29, 1.82) is 0 Å². The van der Waals surface area contributed by atoms with Crippen molar-refractivity contribution in [3.63, 3.8) is 0 Å². The van der Waals surface area contributed by atoms with Crippen molar-refractivity contribution in [3.05, 3.63) is 29.8 Å². The van der Waals surface area contributed by atoms with Crippen molar-refractivity contribution in [2.24, 2.45) is 0 Å². The van der Waals surface area contributed by atoms with Crippen LogP contribution in [0.25, 0.3) is 0 Å². The van der Waals surface area contributed by atoms with E-state index >= 15 is 0 Å². The van der Waals surface area contributed by atoms with E-state index in [4.69, 9.17) is 4.74 Å². The van der Waals surface area contributed by atoms with Gasteiger partial charge in [-0.3, -0.25) is 0 Å². The van der Waals surface area contributed by atoms with Gasteiger partial charge in [0.1, 0.15) is 0 Å². The normalized spacial score (nSPS) is 8.67. The van der Waals surface area contributed by atoms with Gasteiger partial charge in [-0.2, -0.15) is 18.2 Å². The molecule has 0 aliphatic carbocycles. The minimum absolute atomic E-state index is 0. The molecule has 0 amide bonds. The minimum Gasteiger partial charge on any atom is -1.00 e. The number of unbranched alkanes of at least 4 members (excludes halogenated alkanes) is 2. The van der Waals surface area contributed by atoms with Crippen LogP contribution in [0.4, 0.5) is 0 Å². The Morgan fingerprint density at radius 1 is 1.33 bits per heavy atom. The maximum absolute atomic E-state index is 5.62. The van der Waals surface area contributed by atoms with Crippen molar-refractivity contribution in [2.75, 3.05) is 6.61 Å². The van der Waals surface area contributed by atoms with Crippen LogP contribution in [0.2, 0.25) is 0 Å². The fraction of sp³-hybridized carbons (Fsp3) is 0.500. The summed E-state index contributed by atoms with van der Waals surface area (Å²) in [5.74, 6) is 0.995. The van der Waals surface area contributed by atoms with Gasteiger partial charge in [0.25, 0.3) is 0 Å². The number of hydrogen-bond donors (Lipinski definition) is 0. The van der Waals surface area contributed by atoms with E-state index in [1.807, 2.05) is 25.1 Å². The van der Waals surface area contributed by atoms with Gasteiger partial charge in [-0.25, -0.2) is 0 Å². The largest absolute Gasteiger partial charge is 2.00 e. The first-order chi connectivity index (χ1) is 6.34. The molecule has 1 nitrogen and oxygen atoms in total. The smallest absolute Gasteiger partial charge is 1.00 e. The molecule has 3 heteroatoms. The molecule has 0 radical (unpaired) electrons. The van der Waals surface area contributed by atoms with Gasteiger partial charge in [-0.1, -0.05) is 26.7 Å². The Morgan fingerprint density at radius 2 is 2.07 bits per heavy atom. The Bertz CT molecular complexity index is 253. The van der Waals surface area contributed by atoms with Crippen LogP contribution in [0.1, 0.15) is 31.7 Å². The topological polar surface area (TPSA) is 9.23 Å². The van der Waals surface area contributed by atoms with E-state index in [-0.39, 0.29) is 40.0 Å². The second-order valence-electron chi connectivity index (χ2n) is 3.25. The summed E-state index contributed by atoms with van der Waals surface area (Å²) in [4.78, 5) is 0. The second kappa shape index (κ2) is 10.8. The van der Waals surface area contributed by atoms with E-state index in [9.17, 15) is 0 Å². The first-order valence-corrected chi connectivity index (χ1v) is 4.94. The molecule has 0 spiro atoms. The Kier molecular flexibility index (Phi) is 12.7. The molecule has 1 rings (SSSR count). The van der Waals surface area contributed by atoms with Crippen LogP contribution in [-0.4, -0.2) is 29.7 Å². The molecule has 0 heterocycles. The van der Waals surface area contributed by atoms with E-state index in [1.54, 1.807) is 0 Å². The van der Waals surface area contributed by atoms with Crippen molar-refractivity contribution < 1.29 is 21.7 Å². The SMILES string of the molecule is CCCCCOc1cc[c-]cc1C.[Br-].[Mg+2]. The Labute approximate surface area is 120 Å². The summed E-state index contributed by atoms with van der Waals surface area (Å²) in [6.07, 6.45) is 3.64. The van der Waals surface area contributed by atoms with E-state index < -0.39 is 0 Å². The van der Waals surface area contributed by atoms with E-state index in [1.165, 1.54) is 18.4 Å². The van der Waals surface area contributed by atoms with Gasteiger partial charge in [-0.05, 0) is 6.42 Å². The zero-order valence-corrected chi connectivity index (χ0v) is 12.6.